The zero-order valence-electron chi connectivity index (χ0n) is 25.4. The number of aromatic nitrogens is 1. The van der Waals surface area contributed by atoms with Gasteiger partial charge < -0.3 is 42.0 Å². The Hall–Kier alpha value is -5.69. The third-order valence-corrected chi connectivity index (χ3v) is 7.64. The standard InChI is InChI=1S/C34H37N5O8/c35-25(14-15-30(41)42)31(43)37-28(18-22-19-36-26-9-5-4-8-24(22)26)33(45)38-27(16-21-10-12-23(40)13-11-21)32(44)39-29(34(46)47)17-20-6-2-1-3-7-20/h1-13,19,25,27-29,36,40H,14-18,35H2,(H,37,43)(H,38,45)(H,39,44)(H,41,42)(H,46,47). The lowest BCUT2D eigenvalue weighted by Crippen LogP contribution is -2.58. The Kier molecular flexibility index (Phi) is 11.7. The van der Waals surface area contributed by atoms with Gasteiger partial charge in [-0.05, 0) is 41.3 Å². The normalized spacial score (nSPS) is 13.6. The number of hydrogen-bond acceptors (Lipinski definition) is 7. The Morgan fingerprint density at radius 3 is 1.89 bits per heavy atom. The van der Waals surface area contributed by atoms with Gasteiger partial charge in [0.2, 0.25) is 17.7 Å². The SMILES string of the molecule is NC(CCC(=O)O)C(=O)NC(Cc1c[nH]c2ccccc12)C(=O)NC(Cc1ccc(O)cc1)C(=O)NC(Cc1ccccc1)C(=O)O. The van der Waals surface area contributed by atoms with Crippen LogP contribution < -0.4 is 21.7 Å². The fraction of sp³-hybridized carbons (Fsp3) is 0.265. The van der Waals surface area contributed by atoms with Gasteiger partial charge in [0.05, 0.1) is 6.04 Å². The number of phenols is 1. The number of carboxylic acid groups (broad SMARTS) is 2. The molecular formula is C34H37N5O8. The third-order valence-electron chi connectivity index (χ3n) is 7.64. The summed E-state index contributed by atoms with van der Waals surface area (Å²) in [6.07, 6.45) is 1.11. The number of H-pyrrole nitrogens is 1. The summed E-state index contributed by atoms with van der Waals surface area (Å²) in [4.78, 5) is 66.8. The number of fused-ring (bicyclic) bond motifs is 1. The van der Waals surface area contributed by atoms with Crippen LogP contribution in [-0.4, -0.2) is 74.1 Å². The van der Waals surface area contributed by atoms with Gasteiger partial charge in [-0.3, -0.25) is 19.2 Å². The van der Waals surface area contributed by atoms with Gasteiger partial charge >= 0.3 is 11.9 Å². The van der Waals surface area contributed by atoms with Crippen molar-refractivity contribution in [1.82, 2.24) is 20.9 Å². The minimum absolute atomic E-state index is 0.00470. The van der Waals surface area contributed by atoms with E-state index in [1.54, 1.807) is 48.7 Å². The van der Waals surface area contributed by atoms with E-state index in [1.807, 2.05) is 24.3 Å². The third kappa shape index (κ3) is 9.90. The summed E-state index contributed by atoms with van der Waals surface area (Å²) in [6, 6.07) is 17.0. The van der Waals surface area contributed by atoms with E-state index in [0.717, 1.165) is 10.9 Å². The summed E-state index contributed by atoms with van der Waals surface area (Å²) in [7, 11) is 0. The van der Waals surface area contributed by atoms with Crippen LogP contribution in [0.5, 0.6) is 5.75 Å². The lowest BCUT2D eigenvalue weighted by Gasteiger charge is -2.25. The first-order valence-corrected chi connectivity index (χ1v) is 15.0. The van der Waals surface area contributed by atoms with Crippen molar-refractivity contribution in [2.24, 2.45) is 5.73 Å². The highest BCUT2D eigenvalue weighted by Crippen LogP contribution is 2.20. The summed E-state index contributed by atoms with van der Waals surface area (Å²) in [5, 5.41) is 37.2. The van der Waals surface area contributed by atoms with Crippen LogP contribution in [-0.2, 0) is 43.2 Å². The van der Waals surface area contributed by atoms with Crippen LogP contribution in [0, 0.1) is 0 Å². The van der Waals surface area contributed by atoms with Crippen molar-refractivity contribution in [3.05, 3.63) is 102 Å². The second-order valence-corrected chi connectivity index (χ2v) is 11.2. The van der Waals surface area contributed by atoms with Gasteiger partial charge in [0.1, 0.15) is 23.9 Å². The first kappa shape index (κ1) is 34.2. The lowest BCUT2D eigenvalue weighted by atomic mass is 10.0. The molecule has 0 aliphatic rings. The summed E-state index contributed by atoms with van der Waals surface area (Å²) in [5.74, 6) is -4.67. The molecule has 4 aromatic rings. The fourth-order valence-corrected chi connectivity index (χ4v) is 5.09. The van der Waals surface area contributed by atoms with E-state index < -0.39 is 53.8 Å². The molecule has 0 bridgehead atoms. The number of benzene rings is 3. The number of aromatic amines is 1. The van der Waals surface area contributed by atoms with E-state index in [4.69, 9.17) is 10.8 Å². The topological polar surface area (TPSA) is 224 Å². The van der Waals surface area contributed by atoms with Crippen LogP contribution in [0.15, 0.2) is 85.1 Å². The second kappa shape index (κ2) is 16.0. The van der Waals surface area contributed by atoms with Gasteiger partial charge in [0.15, 0.2) is 0 Å². The van der Waals surface area contributed by atoms with E-state index in [-0.39, 0.29) is 37.9 Å². The van der Waals surface area contributed by atoms with E-state index >= 15 is 0 Å². The molecule has 3 amide bonds. The van der Waals surface area contributed by atoms with Gasteiger partial charge in [0, 0.05) is 42.8 Å². The highest BCUT2D eigenvalue weighted by atomic mass is 16.4. The molecule has 4 unspecified atom stereocenters. The monoisotopic (exact) mass is 643 g/mol. The average Bonchev–Trinajstić information content (AvgIpc) is 3.46. The summed E-state index contributed by atoms with van der Waals surface area (Å²) >= 11 is 0. The molecule has 9 N–H and O–H groups in total. The zero-order valence-corrected chi connectivity index (χ0v) is 25.4. The van der Waals surface area contributed by atoms with Gasteiger partial charge in [-0.2, -0.15) is 0 Å². The Labute approximate surface area is 270 Å². The Balaban J connectivity index is 1.60. The first-order valence-electron chi connectivity index (χ1n) is 15.0. The number of nitrogens with two attached hydrogens (primary N) is 1. The lowest BCUT2D eigenvalue weighted by molar-refractivity contribution is -0.142. The van der Waals surface area contributed by atoms with E-state index in [9.17, 15) is 34.2 Å². The number of para-hydroxylation sites is 1. The Morgan fingerprint density at radius 2 is 1.23 bits per heavy atom. The molecule has 246 valence electrons. The highest BCUT2D eigenvalue weighted by Gasteiger charge is 2.31. The van der Waals surface area contributed by atoms with E-state index in [0.29, 0.717) is 16.7 Å². The van der Waals surface area contributed by atoms with Crippen LogP contribution in [0.25, 0.3) is 10.9 Å². The summed E-state index contributed by atoms with van der Waals surface area (Å²) < 4.78 is 0. The summed E-state index contributed by atoms with van der Waals surface area (Å²) in [6.45, 7) is 0. The molecule has 13 heteroatoms. The van der Waals surface area contributed by atoms with Crippen molar-refractivity contribution in [2.45, 2.75) is 56.3 Å². The maximum atomic E-state index is 13.9. The van der Waals surface area contributed by atoms with Crippen molar-refractivity contribution in [3.8, 4) is 5.75 Å². The summed E-state index contributed by atoms with van der Waals surface area (Å²) in [5.41, 5.74) is 8.66. The maximum Gasteiger partial charge on any atom is 0.326 e. The van der Waals surface area contributed by atoms with E-state index in [2.05, 4.69) is 20.9 Å². The number of carbonyl (C=O) groups excluding carboxylic acids is 3. The van der Waals surface area contributed by atoms with Crippen LogP contribution in [0.3, 0.4) is 0 Å². The number of hydrogen-bond donors (Lipinski definition) is 8. The molecule has 47 heavy (non-hydrogen) atoms. The van der Waals surface area contributed by atoms with Crippen LogP contribution in [0.4, 0.5) is 0 Å². The minimum Gasteiger partial charge on any atom is -0.508 e. The van der Waals surface area contributed by atoms with Crippen molar-refractivity contribution < 1.29 is 39.3 Å². The zero-order chi connectivity index (χ0) is 33.9. The van der Waals surface area contributed by atoms with E-state index in [1.165, 1.54) is 12.1 Å². The highest BCUT2D eigenvalue weighted by molar-refractivity contribution is 5.95. The molecule has 0 saturated carbocycles. The molecule has 0 saturated heterocycles. The molecule has 0 radical (unpaired) electrons. The predicted octanol–water partition coefficient (Wildman–Crippen LogP) is 1.63. The number of aliphatic carboxylic acids is 2. The number of carboxylic acids is 2. The first-order chi connectivity index (χ1) is 22.5. The number of carbonyl (C=O) groups is 5. The Morgan fingerprint density at radius 1 is 0.681 bits per heavy atom. The molecule has 0 fully saturated rings. The van der Waals surface area contributed by atoms with Gasteiger partial charge in [-0.1, -0.05) is 60.7 Å². The van der Waals surface area contributed by atoms with Crippen molar-refractivity contribution in [3.63, 3.8) is 0 Å². The second-order valence-electron chi connectivity index (χ2n) is 11.2. The van der Waals surface area contributed by atoms with Gasteiger partial charge in [-0.25, -0.2) is 4.79 Å². The number of phenolic OH excluding ortho intramolecular Hbond substituents is 1. The van der Waals surface area contributed by atoms with Crippen molar-refractivity contribution in [1.29, 1.82) is 0 Å². The molecule has 1 aromatic heterocycles. The molecule has 3 aromatic carbocycles. The Bertz CT molecular complexity index is 1710. The quantitative estimate of drug-likeness (QED) is 0.0887. The van der Waals surface area contributed by atoms with Gasteiger partial charge in [0.25, 0.3) is 0 Å². The minimum atomic E-state index is -1.31. The molecule has 0 aliphatic carbocycles. The molecule has 4 rings (SSSR count). The number of nitrogens with one attached hydrogen (secondary N) is 4. The largest absolute Gasteiger partial charge is 0.508 e. The van der Waals surface area contributed by atoms with Crippen molar-refractivity contribution in [2.75, 3.05) is 0 Å². The van der Waals surface area contributed by atoms with Crippen LogP contribution in [0.1, 0.15) is 29.5 Å². The number of amides is 3. The average molecular weight is 644 g/mol. The molecule has 0 aliphatic heterocycles. The van der Waals surface area contributed by atoms with Crippen molar-refractivity contribution >= 4 is 40.6 Å². The van der Waals surface area contributed by atoms with Crippen LogP contribution >= 0.6 is 0 Å². The molecule has 0 spiro atoms. The molecule has 1 heterocycles. The van der Waals surface area contributed by atoms with Gasteiger partial charge in [-0.15, -0.1) is 0 Å². The fourth-order valence-electron chi connectivity index (χ4n) is 5.09. The smallest absolute Gasteiger partial charge is 0.326 e. The predicted molar refractivity (Wildman–Crippen MR) is 172 cm³/mol. The molecule has 13 nitrogen and oxygen atoms in total. The number of rotatable bonds is 16. The van der Waals surface area contributed by atoms with Crippen LogP contribution in [0.2, 0.25) is 0 Å². The molecule has 4 atom stereocenters. The number of aromatic hydroxyl groups is 1. The molecular weight excluding hydrogens is 606 g/mol. The maximum absolute atomic E-state index is 13.9.